The summed E-state index contributed by atoms with van der Waals surface area (Å²) in [6, 6.07) is 7.89. The highest BCUT2D eigenvalue weighted by Crippen LogP contribution is 2.33. The molecule has 2 rings (SSSR count). The lowest BCUT2D eigenvalue weighted by Gasteiger charge is -2.13. The number of rotatable bonds is 6. The monoisotopic (exact) mass is 423 g/mol. The molecular weight excluding hydrogens is 409 g/mol. The number of benzene rings is 1. The van der Waals surface area contributed by atoms with Crippen molar-refractivity contribution in [1.82, 2.24) is 5.32 Å². The van der Waals surface area contributed by atoms with Crippen LogP contribution in [0.1, 0.15) is 18.2 Å². The summed E-state index contributed by atoms with van der Waals surface area (Å²) in [7, 11) is 0. The van der Waals surface area contributed by atoms with Crippen LogP contribution >= 0.6 is 44.3 Å². The van der Waals surface area contributed by atoms with Crippen LogP contribution in [-0.4, -0.2) is 6.61 Å². The molecule has 1 aromatic carbocycles. The van der Waals surface area contributed by atoms with Crippen LogP contribution in [0.5, 0.6) is 5.75 Å². The van der Waals surface area contributed by atoms with E-state index >= 15 is 0 Å². The lowest BCUT2D eigenvalue weighted by atomic mass is 10.2. The summed E-state index contributed by atoms with van der Waals surface area (Å²) < 4.78 is 12.9. The molecule has 1 heterocycles. The molecule has 0 aliphatic carbocycles. The van der Waals surface area contributed by atoms with Gasteiger partial charge in [0.25, 0.3) is 0 Å². The molecule has 110 valence electrons. The third kappa shape index (κ3) is 4.81. The van der Waals surface area contributed by atoms with E-state index in [-0.39, 0.29) is 12.4 Å². The predicted octanol–water partition coefficient (Wildman–Crippen LogP) is 4.91. The fraction of sp³-hybridized carbons (Fsp3) is 0.286. The molecule has 0 unspecified atom stereocenters. The van der Waals surface area contributed by atoms with Crippen LogP contribution < -0.4 is 10.1 Å². The molecule has 6 heteroatoms. The second-order valence-corrected chi connectivity index (χ2v) is 5.76. The van der Waals surface area contributed by atoms with Crippen LogP contribution in [0, 0.1) is 0 Å². The molecule has 0 spiro atoms. The first-order chi connectivity index (χ1) is 9.20. The van der Waals surface area contributed by atoms with Crippen molar-refractivity contribution in [3.63, 3.8) is 0 Å². The van der Waals surface area contributed by atoms with Gasteiger partial charge in [0.15, 0.2) is 0 Å². The van der Waals surface area contributed by atoms with Crippen LogP contribution in [-0.2, 0) is 13.1 Å². The van der Waals surface area contributed by atoms with Crippen molar-refractivity contribution in [2.24, 2.45) is 0 Å². The fourth-order valence-corrected chi connectivity index (χ4v) is 3.21. The Kier molecular flexibility index (Phi) is 7.66. The second kappa shape index (κ2) is 8.72. The molecule has 1 aromatic heterocycles. The van der Waals surface area contributed by atoms with Gasteiger partial charge in [-0.15, -0.1) is 12.4 Å². The largest absolute Gasteiger partial charge is 0.492 e. The summed E-state index contributed by atoms with van der Waals surface area (Å²) in [5.41, 5.74) is 1.11. The van der Waals surface area contributed by atoms with Gasteiger partial charge in [0.2, 0.25) is 0 Å². The number of furan rings is 1. The Labute approximate surface area is 141 Å². The maximum absolute atomic E-state index is 5.68. The molecule has 0 saturated carbocycles. The average Bonchev–Trinajstić information content (AvgIpc) is 2.86. The Morgan fingerprint density at radius 3 is 2.70 bits per heavy atom. The maximum atomic E-state index is 5.68. The summed E-state index contributed by atoms with van der Waals surface area (Å²) in [4.78, 5) is 0. The SMILES string of the molecule is CCOc1c(Br)cc(Br)cc1CNCc1ccco1.Cl. The lowest BCUT2D eigenvalue weighted by molar-refractivity contribution is 0.333. The Morgan fingerprint density at radius 2 is 2.05 bits per heavy atom. The van der Waals surface area contributed by atoms with Crippen molar-refractivity contribution in [1.29, 1.82) is 0 Å². The second-order valence-electron chi connectivity index (χ2n) is 3.99. The minimum Gasteiger partial charge on any atom is -0.492 e. The van der Waals surface area contributed by atoms with Gasteiger partial charge in [0, 0.05) is 16.6 Å². The highest BCUT2D eigenvalue weighted by Gasteiger charge is 2.09. The van der Waals surface area contributed by atoms with Gasteiger partial charge in [-0.25, -0.2) is 0 Å². The first kappa shape index (κ1) is 17.6. The van der Waals surface area contributed by atoms with Gasteiger partial charge in [-0.05, 0) is 47.1 Å². The fourth-order valence-electron chi connectivity index (χ4n) is 1.78. The molecule has 0 aliphatic rings. The van der Waals surface area contributed by atoms with Gasteiger partial charge >= 0.3 is 0 Å². The Morgan fingerprint density at radius 1 is 1.25 bits per heavy atom. The van der Waals surface area contributed by atoms with Gasteiger partial charge in [0.05, 0.1) is 23.9 Å². The topological polar surface area (TPSA) is 34.4 Å². The molecule has 0 atom stereocenters. The van der Waals surface area contributed by atoms with Crippen molar-refractivity contribution in [3.05, 3.63) is 50.8 Å². The summed E-state index contributed by atoms with van der Waals surface area (Å²) >= 11 is 7.03. The first-order valence-corrected chi connectivity index (χ1v) is 7.63. The molecule has 0 fully saturated rings. The zero-order valence-electron chi connectivity index (χ0n) is 11.0. The third-order valence-electron chi connectivity index (χ3n) is 2.57. The van der Waals surface area contributed by atoms with Crippen LogP contribution in [0.15, 0.2) is 43.9 Å². The van der Waals surface area contributed by atoms with E-state index in [1.807, 2.05) is 25.1 Å². The van der Waals surface area contributed by atoms with Crippen molar-refractivity contribution < 1.29 is 9.15 Å². The van der Waals surface area contributed by atoms with E-state index in [2.05, 4.69) is 43.2 Å². The molecule has 0 saturated heterocycles. The normalized spacial score (nSPS) is 10.2. The summed E-state index contributed by atoms with van der Waals surface area (Å²) in [6.45, 7) is 4.04. The highest BCUT2D eigenvalue weighted by molar-refractivity contribution is 9.11. The van der Waals surface area contributed by atoms with Gasteiger partial charge in [-0.2, -0.15) is 0 Å². The molecule has 1 N–H and O–H groups in total. The zero-order chi connectivity index (χ0) is 13.7. The third-order valence-corrected chi connectivity index (χ3v) is 3.62. The Hall–Kier alpha value is -0.490. The zero-order valence-corrected chi connectivity index (χ0v) is 15.0. The average molecular weight is 426 g/mol. The standard InChI is InChI=1S/C14H15Br2NO2.ClH/c1-2-18-14-10(6-11(15)7-13(14)16)8-17-9-12-4-3-5-19-12;/h3-7,17H,2,8-9H2,1H3;1H. The van der Waals surface area contributed by atoms with E-state index in [1.54, 1.807) is 6.26 Å². The van der Waals surface area contributed by atoms with E-state index in [1.165, 1.54) is 0 Å². The van der Waals surface area contributed by atoms with E-state index in [4.69, 9.17) is 9.15 Å². The van der Waals surface area contributed by atoms with E-state index in [9.17, 15) is 0 Å². The molecule has 0 aliphatic heterocycles. The smallest absolute Gasteiger partial charge is 0.138 e. The number of halogens is 3. The minimum absolute atomic E-state index is 0. The van der Waals surface area contributed by atoms with Crippen molar-refractivity contribution >= 4 is 44.3 Å². The molecule has 0 radical (unpaired) electrons. The van der Waals surface area contributed by atoms with Crippen LogP contribution in [0.4, 0.5) is 0 Å². The van der Waals surface area contributed by atoms with E-state index < -0.39 is 0 Å². The number of hydrogen-bond donors (Lipinski definition) is 1. The Balaban J connectivity index is 0.00000200. The van der Waals surface area contributed by atoms with Crippen LogP contribution in [0.25, 0.3) is 0 Å². The van der Waals surface area contributed by atoms with Gasteiger partial charge in [0.1, 0.15) is 11.5 Å². The Bertz CT molecular complexity index is 532. The molecule has 3 nitrogen and oxygen atoms in total. The predicted molar refractivity (Wildman–Crippen MR) is 89.5 cm³/mol. The number of nitrogens with one attached hydrogen (secondary N) is 1. The van der Waals surface area contributed by atoms with Gasteiger partial charge in [-0.1, -0.05) is 15.9 Å². The van der Waals surface area contributed by atoms with Gasteiger partial charge in [-0.3, -0.25) is 0 Å². The number of hydrogen-bond acceptors (Lipinski definition) is 3. The minimum atomic E-state index is 0. The summed E-state index contributed by atoms with van der Waals surface area (Å²) in [5.74, 6) is 1.81. The molecule has 0 amide bonds. The molecular formula is C14H16Br2ClNO2. The number of ether oxygens (including phenoxy) is 1. The maximum Gasteiger partial charge on any atom is 0.138 e. The molecule has 2 aromatic rings. The molecule has 0 bridgehead atoms. The van der Waals surface area contributed by atoms with E-state index in [0.717, 1.165) is 26.0 Å². The van der Waals surface area contributed by atoms with Gasteiger partial charge < -0.3 is 14.5 Å². The van der Waals surface area contributed by atoms with Crippen molar-refractivity contribution in [2.75, 3.05) is 6.61 Å². The van der Waals surface area contributed by atoms with Crippen LogP contribution in [0.2, 0.25) is 0 Å². The highest BCUT2D eigenvalue weighted by atomic mass is 79.9. The summed E-state index contributed by atoms with van der Waals surface area (Å²) in [5, 5.41) is 3.34. The van der Waals surface area contributed by atoms with Crippen molar-refractivity contribution in [3.8, 4) is 5.75 Å². The first-order valence-electron chi connectivity index (χ1n) is 6.04. The lowest BCUT2D eigenvalue weighted by Crippen LogP contribution is -2.13. The summed E-state index contributed by atoms with van der Waals surface area (Å²) in [6.07, 6.45) is 1.68. The van der Waals surface area contributed by atoms with Crippen molar-refractivity contribution in [2.45, 2.75) is 20.0 Å². The van der Waals surface area contributed by atoms with Crippen LogP contribution in [0.3, 0.4) is 0 Å². The van der Waals surface area contributed by atoms with E-state index in [0.29, 0.717) is 19.7 Å². The quantitative estimate of drug-likeness (QED) is 0.714. The molecule has 20 heavy (non-hydrogen) atoms.